The molecule has 7 rings (SSSR count). The Morgan fingerprint density at radius 1 is 0.774 bits per heavy atom. The Labute approximate surface area is 367 Å². The lowest BCUT2D eigenvalue weighted by Crippen LogP contribution is -2.66. The Bertz CT molecular complexity index is 1670. The van der Waals surface area contributed by atoms with Crippen LogP contribution < -0.4 is 0 Å². The molecule has 0 radical (unpaired) electrons. The standard InChI is InChI=1S/C47H74O15/c1-12-23(2)43(51)60-35-20-32-31(47(52)18-16-30(24(3)48)46(35,47)8)14-13-28-19-29(15-17-45(28,32)7)59-36-21-33(53-9)40(26(5)56-36)61-37-22-34(54-10)41(27(6)57-37)62-44-39(50)42(55-11)38(49)25(4)58-44/h12-13,25-27,29-42,44,49-50,52H,14-22H2,1-11H3/b23-12+/t25-,26-,27-,29+,30-,31-,32+,33+,34+,35-,36+,37+,38-,39-,40-,41-,42+,44+,45+,46+,47+/m1/s1. The van der Waals surface area contributed by atoms with Crippen molar-refractivity contribution in [1.82, 2.24) is 0 Å². The van der Waals surface area contributed by atoms with Crippen LogP contribution in [0.1, 0.15) is 113 Å². The molecule has 352 valence electrons. The summed E-state index contributed by atoms with van der Waals surface area (Å²) in [5, 5.41) is 34.1. The Morgan fingerprint density at radius 3 is 2.00 bits per heavy atom. The van der Waals surface area contributed by atoms with Crippen LogP contribution in [0.25, 0.3) is 0 Å². The van der Waals surface area contributed by atoms with Gasteiger partial charge in [0.2, 0.25) is 0 Å². The summed E-state index contributed by atoms with van der Waals surface area (Å²) < 4.78 is 61.8. The lowest BCUT2D eigenvalue weighted by atomic mass is 9.45. The van der Waals surface area contributed by atoms with Gasteiger partial charge in [0.05, 0.1) is 42.2 Å². The molecule has 3 aliphatic heterocycles. The summed E-state index contributed by atoms with van der Waals surface area (Å²) >= 11 is 0. The van der Waals surface area contributed by atoms with Gasteiger partial charge in [0.15, 0.2) is 18.9 Å². The summed E-state index contributed by atoms with van der Waals surface area (Å²) in [6.45, 7) is 15.0. The van der Waals surface area contributed by atoms with Crippen molar-refractivity contribution in [3.63, 3.8) is 0 Å². The molecule has 7 aliphatic rings. The zero-order valence-corrected chi connectivity index (χ0v) is 38.7. The number of carbonyl (C=O) groups is 2. The van der Waals surface area contributed by atoms with Gasteiger partial charge in [-0.15, -0.1) is 0 Å². The van der Waals surface area contributed by atoms with E-state index in [0.717, 1.165) is 19.3 Å². The molecule has 3 saturated heterocycles. The second-order valence-electron chi connectivity index (χ2n) is 19.8. The van der Waals surface area contributed by atoms with E-state index in [0.29, 0.717) is 44.1 Å². The second-order valence-corrected chi connectivity index (χ2v) is 19.8. The van der Waals surface area contributed by atoms with E-state index in [2.05, 4.69) is 13.0 Å². The Hall–Kier alpha value is -1.86. The number of hydrogen-bond acceptors (Lipinski definition) is 15. The van der Waals surface area contributed by atoms with Crippen molar-refractivity contribution < 1.29 is 72.3 Å². The summed E-state index contributed by atoms with van der Waals surface area (Å²) in [5.74, 6) is -0.727. The van der Waals surface area contributed by atoms with Gasteiger partial charge >= 0.3 is 5.97 Å². The van der Waals surface area contributed by atoms with Crippen molar-refractivity contribution in [1.29, 1.82) is 0 Å². The van der Waals surface area contributed by atoms with Crippen LogP contribution in [0.3, 0.4) is 0 Å². The van der Waals surface area contributed by atoms with Crippen LogP contribution in [0.2, 0.25) is 0 Å². The zero-order chi connectivity index (χ0) is 45.1. The highest BCUT2D eigenvalue weighted by molar-refractivity contribution is 5.88. The third kappa shape index (κ3) is 8.42. The highest BCUT2D eigenvalue weighted by atomic mass is 16.8. The van der Waals surface area contributed by atoms with E-state index in [4.69, 9.17) is 47.4 Å². The number of hydrogen-bond donors (Lipinski definition) is 3. The minimum absolute atomic E-state index is 0.0391. The number of aliphatic hydroxyl groups is 3. The largest absolute Gasteiger partial charge is 0.458 e. The number of carbonyl (C=O) groups excluding carboxylic acids is 2. The van der Waals surface area contributed by atoms with Gasteiger partial charge in [0.1, 0.15) is 42.4 Å². The molecule has 0 amide bonds. The molecular formula is C47H74O15. The van der Waals surface area contributed by atoms with E-state index in [-0.39, 0.29) is 41.2 Å². The first-order valence-electron chi connectivity index (χ1n) is 23.0. The predicted molar refractivity (Wildman–Crippen MR) is 223 cm³/mol. The highest BCUT2D eigenvalue weighted by Crippen LogP contribution is 2.68. The number of methoxy groups -OCH3 is 3. The summed E-state index contributed by atoms with van der Waals surface area (Å²) in [6.07, 6.45) is 0.173. The first-order valence-corrected chi connectivity index (χ1v) is 23.0. The number of fused-ring (bicyclic) bond motifs is 5. The van der Waals surface area contributed by atoms with Crippen molar-refractivity contribution in [3.8, 4) is 0 Å². The fourth-order valence-corrected chi connectivity index (χ4v) is 12.8. The molecule has 0 aromatic rings. The normalized spacial score (nSPS) is 49.6. The van der Waals surface area contributed by atoms with Crippen LogP contribution in [-0.4, -0.2) is 146 Å². The van der Waals surface area contributed by atoms with Gasteiger partial charge in [0, 0.05) is 51.1 Å². The second kappa shape index (κ2) is 18.8. The van der Waals surface area contributed by atoms with Crippen LogP contribution in [0.4, 0.5) is 0 Å². The molecule has 0 aromatic carbocycles. The first kappa shape index (κ1) is 48.1. The van der Waals surface area contributed by atoms with Gasteiger partial charge in [-0.05, 0) is 104 Å². The van der Waals surface area contributed by atoms with E-state index in [1.165, 1.54) is 12.7 Å². The lowest BCUT2D eigenvalue weighted by molar-refractivity contribution is -0.352. The summed E-state index contributed by atoms with van der Waals surface area (Å²) in [6, 6.07) is 0. The Balaban J connectivity index is 0.980. The predicted octanol–water partition coefficient (Wildman–Crippen LogP) is 4.69. The number of rotatable bonds is 12. The topological polar surface area (TPSA) is 187 Å². The lowest BCUT2D eigenvalue weighted by Gasteiger charge is -2.63. The van der Waals surface area contributed by atoms with Crippen LogP contribution in [0.5, 0.6) is 0 Å². The summed E-state index contributed by atoms with van der Waals surface area (Å²) in [4.78, 5) is 26.4. The number of Topliss-reactive ketones (excluding diaryl/α,β-unsaturated/α-hetero) is 1. The van der Waals surface area contributed by atoms with Gasteiger partial charge in [-0.2, -0.15) is 0 Å². The minimum atomic E-state index is -1.22. The summed E-state index contributed by atoms with van der Waals surface area (Å²) in [7, 11) is 4.68. The van der Waals surface area contributed by atoms with Crippen LogP contribution in [-0.2, 0) is 57.0 Å². The van der Waals surface area contributed by atoms with Gasteiger partial charge < -0.3 is 62.7 Å². The average Bonchev–Trinajstić information content (AvgIpc) is 3.53. The van der Waals surface area contributed by atoms with E-state index >= 15 is 0 Å². The SMILES string of the molecule is C/C=C(\C)C(=O)O[C@@H]1C[C@H]2[C@@H](CC=C3C[C@@H](O[C@H]4C[C@H](OC)[C@H](O[C@H]5C[C@H](OC)[C@H](O[C@@H]6O[C@H](C)[C@@H](O)[C@H](OC)[C@H]6O)[C@@H](C)O5)[C@@H](C)O4)CC[C@@]32C)[C@@]2(O)CC[C@H](C(C)=O)[C@@]12C. The fourth-order valence-electron chi connectivity index (χ4n) is 12.8. The molecule has 0 unspecified atom stereocenters. The van der Waals surface area contributed by atoms with E-state index in [1.807, 2.05) is 27.7 Å². The average molecular weight is 879 g/mol. The van der Waals surface area contributed by atoms with E-state index in [9.17, 15) is 24.9 Å². The molecule has 15 nitrogen and oxygen atoms in total. The molecule has 3 heterocycles. The van der Waals surface area contributed by atoms with Crippen molar-refractivity contribution in [3.05, 3.63) is 23.3 Å². The van der Waals surface area contributed by atoms with Gasteiger partial charge in [-0.25, -0.2) is 4.79 Å². The Morgan fingerprint density at radius 2 is 1.40 bits per heavy atom. The van der Waals surface area contributed by atoms with Crippen molar-refractivity contribution in [2.24, 2.45) is 28.6 Å². The molecule has 0 bridgehead atoms. The van der Waals surface area contributed by atoms with Crippen molar-refractivity contribution in [2.75, 3.05) is 21.3 Å². The monoisotopic (exact) mass is 879 g/mol. The number of esters is 1. The molecule has 0 aromatic heterocycles. The maximum atomic E-state index is 13.3. The molecule has 0 spiro atoms. The zero-order valence-electron chi connectivity index (χ0n) is 38.7. The molecule has 62 heavy (non-hydrogen) atoms. The maximum absolute atomic E-state index is 13.3. The Kier molecular flexibility index (Phi) is 14.6. The number of ketones is 1. The maximum Gasteiger partial charge on any atom is 0.333 e. The third-order valence-electron chi connectivity index (χ3n) is 16.6. The van der Waals surface area contributed by atoms with E-state index < -0.39 is 96.9 Å². The fraction of sp³-hybridized carbons (Fsp3) is 0.872. The van der Waals surface area contributed by atoms with Crippen molar-refractivity contribution in [2.45, 2.75) is 211 Å². The molecule has 15 heteroatoms. The van der Waals surface area contributed by atoms with Gasteiger partial charge in [-0.3, -0.25) is 4.79 Å². The molecule has 3 saturated carbocycles. The van der Waals surface area contributed by atoms with Gasteiger partial charge in [-0.1, -0.05) is 31.6 Å². The summed E-state index contributed by atoms with van der Waals surface area (Å²) in [5.41, 5.74) is -0.439. The quantitative estimate of drug-likeness (QED) is 0.139. The van der Waals surface area contributed by atoms with Gasteiger partial charge in [0.25, 0.3) is 0 Å². The highest BCUT2D eigenvalue weighted by Gasteiger charge is 2.71. The first-order chi connectivity index (χ1) is 29.3. The smallest absolute Gasteiger partial charge is 0.333 e. The number of ether oxygens (including phenoxy) is 10. The minimum Gasteiger partial charge on any atom is -0.458 e. The van der Waals surface area contributed by atoms with E-state index in [1.54, 1.807) is 41.1 Å². The molecule has 3 N–H and O–H groups in total. The van der Waals surface area contributed by atoms with Crippen molar-refractivity contribution >= 4 is 11.8 Å². The van der Waals surface area contributed by atoms with Crippen LogP contribution in [0, 0.1) is 28.6 Å². The molecule has 21 atom stereocenters. The molecule has 6 fully saturated rings. The third-order valence-corrected chi connectivity index (χ3v) is 16.6. The number of allylic oxidation sites excluding steroid dienone is 2. The molecule has 4 aliphatic carbocycles. The number of aliphatic hydroxyl groups excluding tert-OH is 2. The molecular weight excluding hydrogens is 805 g/mol. The van der Waals surface area contributed by atoms with Crippen LogP contribution >= 0.6 is 0 Å². The van der Waals surface area contributed by atoms with Crippen LogP contribution in [0.15, 0.2) is 23.3 Å².